The van der Waals surface area contributed by atoms with E-state index in [4.69, 9.17) is 4.74 Å². The van der Waals surface area contributed by atoms with Gasteiger partial charge in [0.2, 0.25) is 0 Å². The van der Waals surface area contributed by atoms with Gasteiger partial charge in [0, 0.05) is 13.2 Å². The normalized spacial score (nSPS) is 10.9. The third-order valence-electron chi connectivity index (χ3n) is 2.05. The number of hydrogen-bond donors (Lipinski definition) is 0. The van der Waals surface area contributed by atoms with Gasteiger partial charge in [0.15, 0.2) is 5.82 Å². The Kier molecular flexibility index (Phi) is 5.86. The summed E-state index contributed by atoms with van der Waals surface area (Å²) in [6.07, 6.45) is 2.12. The lowest BCUT2D eigenvalue weighted by molar-refractivity contribution is 0.113. The molecule has 0 radical (unpaired) electrons. The summed E-state index contributed by atoms with van der Waals surface area (Å²) in [6, 6.07) is 0. The van der Waals surface area contributed by atoms with Crippen molar-refractivity contribution in [3.05, 3.63) is 11.6 Å². The second-order valence-electron chi connectivity index (χ2n) is 3.37. The first-order valence-electron chi connectivity index (χ1n) is 5.38. The van der Waals surface area contributed by atoms with Gasteiger partial charge in [-0.1, -0.05) is 29.8 Å². The van der Waals surface area contributed by atoms with E-state index in [9.17, 15) is 0 Å². The quantitative estimate of drug-likeness (QED) is 0.567. The van der Waals surface area contributed by atoms with E-state index in [1.54, 1.807) is 0 Å². The molecule has 0 spiro atoms. The lowest BCUT2D eigenvalue weighted by Crippen LogP contribution is -2.08. The fourth-order valence-electron chi connectivity index (χ4n) is 1.37. The molecule has 5 heteroatoms. The van der Waals surface area contributed by atoms with Gasteiger partial charge in [-0.05, 0) is 12.8 Å². The monoisotopic (exact) mass is 275 g/mol. The van der Waals surface area contributed by atoms with Gasteiger partial charge in [-0.25, -0.2) is 0 Å². The highest BCUT2D eigenvalue weighted by Crippen LogP contribution is 2.08. The zero-order valence-corrected chi connectivity index (χ0v) is 11.0. The van der Waals surface area contributed by atoms with Crippen molar-refractivity contribution in [2.45, 2.75) is 45.2 Å². The molecule has 1 aromatic heterocycles. The first-order chi connectivity index (χ1) is 7.33. The Balaban J connectivity index is 2.64. The molecule has 0 fully saturated rings. The molecule has 1 rings (SSSR count). The lowest BCUT2D eigenvalue weighted by atomic mass is 10.4. The molecule has 4 nitrogen and oxygen atoms in total. The Hall–Kier alpha value is -0.420. The van der Waals surface area contributed by atoms with Crippen LogP contribution < -0.4 is 0 Å². The highest BCUT2D eigenvalue weighted by Gasteiger charge is 2.09. The van der Waals surface area contributed by atoms with Crippen LogP contribution in [0.25, 0.3) is 0 Å². The molecular formula is C10H18BrN3O. The third kappa shape index (κ3) is 3.57. The SMILES string of the molecule is CCCOCc1nnc(CBr)n1CCC. The number of aromatic nitrogens is 3. The van der Waals surface area contributed by atoms with Crippen LogP contribution in [0.5, 0.6) is 0 Å². The van der Waals surface area contributed by atoms with Gasteiger partial charge in [0.05, 0.1) is 5.33 Å². The maximum absolute atomic E-state index is 5.48. The zero-order chi connectivity index (χ0) is 11.1. The van der Waals surface area contributed by atoms with Gasteiger partial charge >= 0.3 is 0 Å². The van der Waals surface area contributed by atoms with Crippen molar-refractivity contribution in [1.29, 1.82) is 0 Å². The first-order valence-corrected chi connectivity index (χ1v) is 6.50. The van der Waals surface area contributed by atoms with Crippen LogP contribution in [-0.2, 0) is 23.2 Å². The number of hydrogen-bond acceptors (Lipinski definition) is 3. The lowest BCUT2D eigenvalue weighted by Gasteiger charge is -2.07. The van der Waals surface area contributed by atoms with Crippen molar-refractivity contribution in [2.75, 3.05) is 6.61 Å². The van der Waals surface area contributed by atoms with E-state index in [2.05, 4.69) is 44.5 Å². The van der Waals surface area contributed by atoms with Crippen LogP contribution in [0.3, 0.4) is 0 Å². The van der Waals surface area contributed by atoms with E-state index < -0.39 is 0 Å². The second kappa shape index (κ2) is 6.95. The molecule has 1 heterocycles. The molecule has 0 aliphatic rings. The van der Waals surface area contributed by atoms with Crippen LogP contribution in [0.15, 0.2) is 0 Å². The molecule has 0 amide bonds. The summed E-state index contributed by atoms with van der Waals surface area (Å²) in [5.74, 6) is 1.91. The van der Waals surface area contributed by atoms with Crippen molar-refractivity contribution in [3.8, 4) is 0 Å². The van der Waals surface area contributed by atoms with Gasteiger partial charge in [-0.2, -0.15) is 0 Å². The van der Waals surface area contributed by atoms with Crippen LogP contribution in [0.4, 0.5) is 0 Å². The molecule has 0 aliphatic carbocycles. The van der Waals surface area contributed by atoms with Crippen LogP contribution in [0.2, 0.25) is 0 Å². The maximum Gasteiger partial charge on any atom is 0.159 e. The minimum Gasteiger partial charge on any atom is -0.373 e. The third-order valence-corrected chi connectivity index (χ3v) is 2.55. The molecule has 0 N–H and O–H groups in total. The molecule has 0 bridgehead atoms. The molecule has 15 heavy (non-hydrogen) atoms. The minimum atomic E-state index is 0.563. The Morgan fingerprint density at radius 1 is 1.20 bits per heavy atom. The molecular weight excluding hydrogens is 258 g/mol. The summed E-state index contributed by atoms with van der Waals surface area (Å²) in [5, 5.41) is 9.00. The van der Waals surface area contributed by atoms with Gasteiger partial charge in [0.25, 0.3) is 0 Å². The second-order valence-corrected chi connectivity index (χ2v) is 3.93. The molecule has 0 saturated heterocycles. The fourth-order valence-corrected chi connectivity index (χ4v) is 1.78. The average Bonchev–Trinajstić information content (AvgIpc) is 2.62. The van der Waals surface area contributed by atoms with Gasteiger partial charge < -0.3 is 9.30 Å². The number of halogens is 1. The summed E-state index contributed by atoms with van der Waals surface area (Å²) in [5.41, 5.74) is 0. The van der Waals surface area contributed by atoms with Gasteiger partial charge in [-0.3, -0.25) is 0 Å². The maximum atomic E-state index is 5.48. The molecule has 0 atom stereocenters. The largest absolute Gasteiger partial charge is 0.373 e. The van der Waals surface area contributed by atoms with E-state index >= 15 is 0 Å². The zero-order valence-electron chi connectivity index (χ0n) is 9.37. The smallest absolute Gasteiger partial charge is 0.159 e. The molecule has 0 saturated carbocycles. The number of nitrogens with zero attached hydrogens (tertiary/aromatic N) is 3. The highest BCUT2D eigenvalue weighted by molar-refractivity contribution is 9.08. The topological polar surface area (TPSA) is 39.9 Å². The van der Waals surface area contributed by atoms with Gasteiger partial charge in [0.1, 0.15) is 12.4 Å². The predicted octanol–water partition coefficient (Wildman–Crippen LogP) is 2.51. The van der Waals surface area contributed by atoms with E-state index in [-0.39, 0.29) is 0 Å². The molecule has 86 valence electrons. The average molecular weight is 276 g/mol. The van der Waals surface area contributed by atoms with Crippen molar-refractivity contribution >= 4 is 15.9 Å². The summed E-state index contributed by atoms with van der Waals surface area (Å²) in [4.78, 5) is 0. The summed E-state index contributed by atoms with van der Waals surface area (Å²) < 4.78 is 7.60. The molecule has 0 aliphatic heterocycles. The highest BCUT2D eigenvalue weighted by atomic mass is 79.9. The van der Waals surface area contributed by atoms with Crippen molar-refractivity contribution in [2.24, 2.45) is 0 Å². The summed E-state index contributed by atoms with van der Waals surface area (Å²) in [7, 11) is 0. The van der Waals surface area contributed by atoms with Crippen molar-refractivity contribution in [3.63, 3.8) is 0 Å². The Morgan fingerprint density at radius 2 is 1.93 bits per heavy atom. The number of rotatable bonds is 7. The van der Waals surface area contributed by atoms with E-state index in [1.165, 1.54) is 0 Å². The standard InChI is InChI=1S/C10H18BrN3O/c1-3-5-14-9(7-11)12-13-10(14)8-15-6-4-2/h3-8H2,1-2H3. The Labute approximate surface area is 99.2 Å². The summed E-state index contributed by atoms with van der Waals surface area (Å²) in [6.45, 7) is 6.55. The van der Waals surface area contributed by atoms with E-state index in [0.29, 0.717) is 6.61 Å². The summed E-state index contributed by atoms with van der Waals surface area (Å²) >= 11 is 3.41. The van der Waals surface area contributed by atoms with Crippen LogP contribution >= 0.6 is 15.9 Å². The Morgan fingerprint density at radius 3 is 2.53 bits per heavy atom. The van der Waals surface area contributed by atoms with E-state index in [0.717, 1.165) is 43.0 Å². The number of alkyl halides is 1. The van der Waals surface area contributed by atoms with E-state index in [1.807, 2.05) is 0 Å². The van der Waals surface area contributed by atoms with Crippen molar-refractivity contribution in [1.82, 2.24) is 14.8 Å². The number of ether oxygens (including phenoxy) is 1. The van der Waals surface area contributed by atoms with Gasteiger partial charge in [-0.15, -0.1) is 10.2 Å². The van der Waals surface area contributed by atoms with Crippen LogP contribution in [0.1, 0.15) is 38.3 Å². The fraction of sp³-hybridized carbons (Fsp3) is 0.800. The predicted molar refractivity (Wildman–Crippen MR) is 62.9 cm³/mol. The van der Waals surface area contributed by atoms with Crippen molar-refractivity contribution < 1.29 is 4.74 Å². The molecule has 0 aromatic carbocycles. The Bertz CT molecular complexity index is 288. The molecule has 1 aromatic rings. The minimum absolute atomic E-state index is 0.563. The molecule has 0 unspecified atom stereocenters. The first kappa shape index (κ1) is 12.6. The van der Waals surface area contributed by atoms with Crippen LogP contribution in [-0.4, -0.2) is 21.4 Å². The van der Waals surface area contributed by atoms with Crippen LogP contribution in [0, 0.1) is 0 Å².